The number of hydrogen-bond donors (Lipinski definition) is 4. The number of nitrogens with zero attached hydrogens (tertiary/aromatic N) is 2. The summed E-state index contributed by atoms with van der Waals surface area (Å²) in [7, 11) is 0. The molecule has 0 spiro atoms. The Morgan fingerprint density at radius 3 is 1.45 bits per heavy atom. The van der Waals surface area contributed by atoms with E-state index in [1.807, 2.05) is 28.5 Å². The standard InChI is InChI=1S/C52H42N6/c1-37(54)28-32-56-45-24-18-39(19-25-45)48-11-3-6-14-51(48)42-34-41(50-13-5-2-10-47(50)38-16-22-44(23-17-38)55-30-8-29-53)35-43(36-42)52-15-7-4-12-49(52)40-20-26-46(27-21-40)58-33-9-31-57-58/h2-36,53-56H,1H3/p+1/b30-8-,32-28-,53-29?,54-37?. The fourth-order valence-corrected chi connectivity index (χ4v) is 7.27. The smallest absolute Gasteiger partial charge is 0.134 e. The zero-order valence-corrected chi connectivity index (χ0v) is 32.2. The van der Waals surface area contributed by atoms with Gasteiger partial charge in [-0.3, -0.25) is 5.32 Å². The highest BCUT2D eigenvalue weighted by molar-refractivity contribution is 5.94. The van der Waals surface area contributed by atoms with E-state index in [4.69, 9.17) is 10.8 Å². The molecule has 0 radical (unpaired) electrons. The quantitative estimate of drug-likeness (QED) is 0.0697. The molecule has 0 amide bonds. The number of nitrogens with two attached hydrogens (primary N) is 1. The van der Waals surface area contributed by atoms with Gasteiger partial charge < -0.3 is 16.1 Å². The van der Waals surface area contributed by atoms with Crippen molar-refractivity contribution in [3.63, 3.8) is 0 Å². The number of benzene rings is 7. The zero-order chi connectivity index (χ0) is 39.7. The Balaban J connectivity index is 1.26. The average molecular weight is 752 g/mol. The predicted octanol–water partition coefficient (Wildman–Crippen LogP) is 12.2. The molecule has 0 saturated heterocycles. The minimum absolute atomic E-state index is 0.494. The van der Waals surface area contributed by atoms with Gasteiger partial charge in [-0.15, -0.1) is 0 Å². The first-order chi connectivity index (χ1) is 28.5. The first-order valence-corrected chi connectivity index (χ1v) is 19.3. The van der Waals surface area contributed by atoms with Crippen LogP contribution in [-0.2, 0) is 0 Å². The van der Waals surface area contributed by atoms with Crippen LogP contribution in [0.15, 0.2) is 207 Å². The summed E-state index contributed by atoms with van der Waals surface area (Å²) in [4.78, 5) is 0. The van der Waals surface area contributed by atoms with Gasteiger partial charge in [0.2, 0.25) is 0 Å². The van der Waals surface area contributed by atoms with Crippen LogP contribution in [0.1, 0.15) is 6.92 Å². The van der Waals surface area contributed by atoms with Gasteiger partial charge in [0.25, 0.3) is 0 Å². The molecule has 6 heteroatoms. The molecule has 1 heterocycles. The Labute approximate surface area is 339 Å². The van der Waals surface area contributed by atoms with E-state index in [9.17, 15) is 0 Å². The number of nitrogens with one attached hydrogen (secondary N) is 3. The summed E-state index contributed by atoms with van der Waals surface area (Å²) in [6.45, 7) is 1.76. The van der Waals surface area contributed by atoms with Gasteiger partial charge in [0.05, 0.1) is 11.9 Å². The number of aromatic nitrogens is 2. The van der Waals surface area contributed by atoms with Crippen LogP contribution in [0.2, 0.25) is 0 Å². The zero-order valence-electron chi connectivity index (χ0n) is 32.2. The molecule has 280 valence electrons. The molecule has 58 heavy (non-hydrogen) atoms. The Morgan fingerprint density at radius 1 is 0.569 bits per heavy atom. The minimum atomic E-state index is 0.494. The van der Waals surface area contributed by atoms with Crippen LogP contribution in [0, 0.1) is 10.8 Å². The van der Waals surface area contributed by atoms with E-state index in [2.05, 4.69) is 174 Å². The molecule has 0 fully saturated rings. The van der Waals surface area contributed by atoms with E-state index >= 15 is 0 Å². The van der Waals surface area contributed by atoms with E-state index < -0.39 is 0 Å². The Bertz CT molecular complexity index is 2740. The van der Waals surface area contributed by atoms with Gasteiger partial charge in [0.1, 0.15) is 5.69 Å². The summed E-state index contributed by atoms with van der Waals surface area (Å²) in [5.41, 5.74) is 17.2. The molecular weight excluding hydrogens is 709 g/mol. The maximum Gasteiger partial charge on any atom is 0.134 e. The Kier molecular flexibility index (Phi) is 11.2. The van der Waals surface area contributed by atoms with Crippen LogP contribution in [0.3, 0.4) is 0 Å². The Morgan fingerprint density at radius 2 is 1.02 bits per heavy atom. The highest BCUT2D eigenvalue weighted by atomic mass is 15.3. The van der Waals surface area contributed by atoms with Crippen molar-refractivity contribution in [2.75, 3.05) is 5.32 Å². The van der Waals surface area contributed by atoms with Crippen LogP contribution in [0.5, 0.6) is 0 Å². The number of rotatable bonds is 13. The first-order valence-electron chi connectivity index (χ1n) is 19.3. The summed E-state index contributed by atoms with van der Waals surface area (Å²) in [6, 6.07) is 60.5. The van der Waals surface area contributed by atoms with Gasteiger partial charge in [-0.1, -0.05) is 97.1 Å². The molecule has 0 aliphatic carbocycles. The molecule has 7 aromatic carbocycles. The summed E-state index contributed by atoms with van der Waals surface area (Å²) in [5.74, 6) is 0. The minimum Gasteiger partial charge on any atom is -0.362 e. The highest BCUT2D eigenvalue weighted by Crippen LogP contribution is 2.42. The third-order valence-corrected chi connectivity index (χ3v) is 10.1. The van der Waals surface area contributed by atoms with Crippen molar-refractivity contribution < 1.29 is 5.32 Å². The second-order valence-electron chi connectivity index (χ2n) is 14.0. The molecular formula is C52H43N6+. The predicted molar refractivity (Wildman–Crippen MR) is 242 cm³/mol. The molecule has 0 atom stereocenters. The lowest BCUT2D eigenvalue weighted by Gasteiger charge is -2.18. The fourth-order valence-electron chi connectivity index (χ4n) is 7.27. The monoisotopic (exact) mass is 751 g/mol. The van der Waals surface area contributed by atoms with Crippen molar-refractivity contribution in [3.8, 4) is 72.4 Å². The van der Waals surface area contributed by atoms with E-state index in [-0.39, 0.29) is 0 Å². The fraction of sp³-hybridized carbons (Fsp3) is 0.0192. The SMILES string of the molecule is CC(=N)/C=C\Nc1ccc(-c2ccccc2-c2cc(-c3ccccc3-c3ccc([NH2+]/C=C\C=N)cc3)cc(-c3ccccc3-c3ccc(-n4cccn4)cc3)c2)cc1. The van der Waals surface area contributed by atoms with Crippen molar-refractivity contribution in [1.82, 2.24) is 9.78 Å². The molecule has 1 aromatic heterocycles. The first kappa shape index (κ1) is 37.3. The second kappa shape index (κ2) is 17.4. The number of hydrogen-bond acceptors (Lipinski definition) is 4. The summed E-state index contributed by atoms with van der Waals surface area (Å²) >= 11 is 0. The third kappa shape index (κ3) is 8.43. The van der Waals surface area contributed by atoms with Gasteiger partial charge in [0.15, 0.2) is 0 Å². The number of anilines is 1. The number of quaternary nitrogens is 1. The highest BCUT2D eigenvalue weighted by Gasteiger charge is 2.16. The largest absolute Gasteiger partial charge is 0.362 e. The van der Waals surface area contributed by atoms with Crippen molar-refractivity contribution in [3.05, 3.63) is 207 Å². The summed E-state index contributed by atoms with van der Waals surface area (Å²) in [6.07, 6.45) is 12.2. The number of allylic oxidation sites excluding steroid dienone is 2. The lowest BCUT2D eigenvalue weighted by Crippen LogP contribution is -2.70. The molecule has 0 bridgehead atoms. The third-order valence-electron chi connectivity index (χ3n) is 10.1. The molecule has 6 nitrogen and oxygen atoms in total. The molecule has 0 aliphatic heterocycles. The van der Waals surface area contributed by atoms with Crippen LogP contribution in [0.25, 0.3) is 72.4 Å². The maximum absolute atomic E-state index is 7.69. The van der Waals surface area contributed by atoms with Gasteiger partial charge in [-0.05, 0) is 153 Å². The topological polar surface area (TPSA) is 94.2 Å². The van der Waals surface area contributed by atoms with Crippen molar-refractivity contribution in [1.29, 1.82) is 10.8 Å². The average Bonchev–Trinajstić information content (AvgIpc) is 3.82. The normalized spacial score (nSPS) is 11.3. The molecule has 0 unspecified atom stereocenters. The van der Waals surface area contributed by atoms with Crippen molar-refractivity contribution in [2.24, 2.45) is 0 Å². The van der Waals surface area contributed by atoms with E-state index in [0.29, 0.717) is 5.71 Å². The second-order valence-corrected chi connectivity index (χ2v) is 14.0. The van der Waals surface area contributed by atoms with Gasteiger partial charge in [-0.25, -0.2) is 4.68 Å². The lowest BCUT2D eigenvalue weighted by molar-refractivity contribution is -0.496. The van der Waals surface area contributed by atoms with E-state index in [1.165, 1.54) is 6.21 Å². The maximum atomic E-state index is 7.69. The summed E-state index contributed by atoms with van der Waals surface area (Å²) in [5, 5.41) is 24.7. The van der Waals surface area contributed by atoms with Crippen LogP contribution in [0.4, 0.5) is 11.4 Å². The van der Waals surface area contributed by atoms with Crippen LogP contribution < -0.4 is 10.6 Å². The molecule has 8 aromatic rings. The van der Waals surface area contributed by atoms with E-state index in [1.54, 1.807) is 31.5 Å². The molecule has 0 aliphatic rings. The van der Waals surface area contributed by atoms with E-state index in [0.717, 1.165) is 83.8 Å². The molecule has 8 rings (SSSR count). The van der Waals surface area contributed by atoms with Crippen LogP contribution >= 0.6 is 0 Å². The van der Waals surface area contributed by atoms with Crippen molar-refractivity contribution in [2.45, 2.75) is 6.92 Å². The lowest BCUT2D eigenvalue weighted by atomic mass is 9.86. The van der Waals surface area contributed by atoms with Gasteiger partial charge in [-0.2, -0.15) is 5.10 Å². The van der Waals surface area contributed by atoms with Gasteiger partial charge in [0, 0.05) is 42.3 Å². The van der Waals surface area contributed by atoms with Gasteiger partial charge >= 0.3 is 0 Å². The Hall–Kier alpha value is -7.67. The molecule has 0 saturated carbocycles. The summed E-state index contributed by atoms with van der Waals surface area (Å²) < 4.78 is 1.88. The molecule has 5 N–H and O–H groups in total. The van der Waals surface area contributed by atoms with Crippen molar-refractivity contribution >= 4 is 23.3 Å². The van der Waals surface area contributed by atoms with Crippen LogP contribution in [-0.4, -0.2) is 21.7 Å².